The maximum Gasteiger partial charge on any atom is 0.231 e. The van der Waals surface area contributed by atoms with E-state index in [1.807, 2.05) is 24.3 Å². The van der Waals surface area contributed by atoms with E-state index in [2.05, 4.69) is 10.1 Å². The van der Waals surface area contributed by atoms with Crippen LogP contribution in [0.15, 0.2) is 53.1 Å². The van der Waals surface area contributed by atoms with E-state index in [1.165, 1.54) is 0 Å². The first kappa shape index (κ1) is 12.7. The van der Waals surface area contributed by atoms with E-state index >= 15 is 0 Å². The molecule has 0 saturated heterocycles. The van der Waals surface area contributed by atoms with Crippen molar-refractivity contribution in [3.63, 3.8) is 0 Å². The number of hydrogen-bond donors (Lipinski definition) is 1. The second-order valence-electron chi connectivity index (χ2n) is 4.37. The highest BCUT2D eigenvalue weighted by atomic mass is 35.5. The van der Waals surface area contributed by atoms with Crippen LogP contribution in [0.5, 0.6) is 5.75 Å². The molecular formula is C15H11ClN2O2. The third-order valence-electron chi connectivity index (χ3n) is 2.84. The smallest absolute Gasteiger partial charge is 0.231 e. The molecule has 0 amide bonds. The molecule has 5 heteroatoms. The molecule has 4 nitrogen and oxygen atoms in total. The minimum absolute atomic E-state index is 0.205. The van der Waals surface area contributed by atoms with Gasteiger partial charge < -0.3 is 9.63 Å². The highest BCUT2D eigenvalue weighted by molar-refractivity contribution is 6.30. The summed E-state index contributed by atoms with van der Waals surface area (Å²) >= 11 is 5.94. The van der Waals surface area contributed by atoms with Gasteiger partial charge in [-0.05, 0) is 42.0 Å². The Kier molecular flexibility index (Phi) is 3.39. The van der Waals surface area contributed by atoms with Crippen molar-refractivity contribution in [2.45, 2.75) is 6.42 Å². The normalized spacial score (nSPS) is 10.7. The number of halogens is 1. The highest BCUT2D eigenvalue weighted by Crippen LogP contribution is 2.20. The monoisotopic (exact) mass is 286 g/mol. The summed E-state index contributed by atoms with van der Waals surface area (Å²) < 4.78 is 5.23. The van der Waals surface area contributed by atoms with Crippen molar-refractivity contribution in [3.05, 3.63) is 65.0 Å². The van der Waals surface area contributed by atoms with Crippen molar-refractivity contribution < 1.29 is 9.63 Å². The Hall–Kier alpha value is -2.33. The summed E-state index contributed by atoms with van der Waals surface area (Å²) in [6.45, 7) is 0. The lowest BCUT2D eigenvalue weighted by molar-refractivity contribution is 0.385. The quantitative estimate of drug-likeness (QED) is 0.798. The van der Waals surface area contributed by atoms with Crippen LogP contribution in [-0.2, 0) is 6.42 Å². The summed E-state index contributed by atoms with van der Waals surface area (Å²) in [5.74, 6) is 1.23. The molecule has 1 heterocycles. The van der Waals surface area contributed by atoms with E-state index in [4.69, 9.17) is 16.1 Å². The lowest BCUT2D eigenvalue weighted by atomic mass is 10.1. The van der Waals surface area contributed by atoms with Crippen molar-refractivity contribution in [1.29, 1.82) is 0 Å². The highest BCUT2D eigenvalue weighted by Gasteiger charge is 2.09. The first-order valence-corrected chi connectivity index (χ1v) is 6.45. The minimum Gasteiger partial charge on any atom is -0.508 e. The average Bonchev–Trinajstić information content (AvgIpc) is 2.88. The molecule has 0 radical (unpaired) electrons. The number of benzene rings is 2. The number of hydrogen-bond acceptors (Lipinski definition) is 4. The predicted octanol–water partition coefficient (Wildman–Crippen LogP) is 3.69. The number of aromatic nitrogens is 2. The zero-order valence-electron chi connectivity index (χ0n) is 10.5. The SMILES string of the molecule is Oc1ccc(-c2noc(Cc3cccc(Cl)c3)n2)cc1. The molecule has 0 unspecified atom stereocenters. The molecular weight excluding hydrogens is 276 g/mol. The molecule has 100 valence electrons. The van der Waals surface area contributed by atoms with Crippen LogP contribution in [0.1, 0.15) is 11.5 Å². The molecule has 20 heavy (non-hydrogen) atoms. The van der Waals surface area contributed by atoms with Crippen molar-refractivity contribution in [3.8, 4) is 17.1 Å². The van der Waals surface area contributed by atoms with Crippen LogP contribution in [0.3, 0.4) is 0 Å². The molecule has 2 aromatic carbocycles. The van der Waals surface area contributed by atoms with Crippen LogP contribution >= 0.6 is 11.6 Å². The van der Waals surface area contributed by atoms with Crippen LogP contribution in [0.25, 0.3) is 11.4 Å². The summed E-state index contributed by atoms with van der Waals surface area (Å²) in [6.07, 6.45) is 0.533. The second-order valence-corrected chi connectivity index (χ2v) is 4.80. The Morgan fingerprint density at radius 1 is 1.10 bits per heavy atom. The molecule has 0 saturated carbocycles. The summed E-state index contributed by atoms with van der Waals surface area (Å²) in [5, 5.41) is 13.9. The van der Waals surface area contributed by atoms with Crippen molar-refractivity contribution in [1.82, 2.24) is 10.1 Å². The summed E-state index contributed by atoms with van der Waals surface area (Å²) in [4.78, 5) is 4.33. The predicted molar refractivity (Wildman–Crippen MR) is 75.7 cm³/mol. The number of phenols is 1. The van der Waals surface area contributed by atoms with Gasteiger partial charge in [-0.3, -0.25) is 0 Å². The first-order chi connectivity index (χ1) is 9.70. The molecule has 0 spiro atoms. The number of rotatable bonds is 3. The Morgan fingerprint density at radius 2 is 1.90 bits per heavy atom. The largest absolute Gasteiger partial charge is 0.508 e. The number of phenolic OH excluding ortho intramolecular Hbond substituents is 1. The molecule has 3 aromatic rings. The Labute approximate surface area is 120 Å². The Bertz CT molecular complexity index is 723. The summed E-state index contributed by atoms with van der Waals surface area (Å²) in [6, 6.07) is 14.2. The molecule has 0 fully saturated rings. The van der Waals surface area contributed by atoms with E-state index in [-0.39, 0.29) is 5.75 Å². The van der Waals surface area contributed by atoms with Gasteiger partial charge in [-0.25, -0.2) is 0 Å². The average molecular weight is 287 g/mol. The third-order valence-corrected chi connectivity index (χ3v) is 3.07. The van der Waals surface area contributed by atoms with Gasteiger partial charge in [-0.1, -0.05) is 28.9 Å². The molecule has 0 bridgehead atoms. The zero-order valence-corrected chi connectivity index (χ0v) is 11.2. The maximum atomic E-state index is 9.25. The van der Waals surface area contributed by atoms with Gasteiger partial charge in [0.25, 0.3) is 0 Å². The van der Waals surface area contributed by atoms with Crippen LogP contribution < -0.4 is 0 Å². The van der Waals surface area contributed by atoms with Crippen molar-refractivity contribution in [2.75, 3.05) is 0 Å². The van der Waals surface area contributed by atoms with Crippen LogP contribution in [-0.4, -0.2) is 15.2 Å². The van der Waals surface area contributed by atoms with E-state index in [0.717, 1.165) is 11.1 Å². The lowest BCUT2D eigenvalue weighted by Gasteiger charge is -1.96. The van der Waals surface area contributed by atoms with Gasteiger partial charge in [0, 0.05) is 10.6 Å². The standard InChI is InChI=1S/C15H11ClN2O2/c16-12-3-1-2-10(8-12)9-14-17-15(18-20-14)11-4-6-13(19)7-5-11/h1-8,19H,9H2. The van der Waals surface area contributed by atoms with Crippen LogP contribution in [0.4, 0.5) is 0 Å². The van der Waals surface area contributed by atoms with Gasteiger partial charge >= 0.3 is 0 Å². The van der Waals surface area contributed by atoms with Gasteiger partial charge in [0.1, 0.15) is 5.75 Å². The Morgan fingerprint density at radius 3 is 2.65 bits per heavy atom. The summed E-state index contributed by atoms with van der Waals surface area (Å²) in [5.41, 5.74) is 1.81. The molecule has 0 atom stereocenters. The zero-order chi connectivity index (χ0) is 13.9. The number of nitrogens with zero attached hydrogens (tertiary/aromatic N) is 2. The topological polar surface area (TPSA) is 59.2 Å². The fourth-order valence-electron chi connectivity index (χ4n) is 1.88. The fraction of sp³-hybridized carbons (Fsp3) is 0.0667. The molecule has 0 aliphatic rings. The van der Waals surface area contributed by atoms with E-state index in [0.29, 0.717) is 23.2 Å². The third kappa shape index (κ3) is 2.81. The Balaban J connectivity index is 1.82. The first-order valence-electron chi connectivity index (χ1n) is 6.07. The van der Waals surface area contributed by atoms with Gasteiger partial charge in [0.15, 0.2) is 0 Å². The summed E-state index contributed by atoms with van der Waals surface area (Å²) in [7, 11) is 0. The van der Waals surface area contributed by atoms with Gasteiger partial charge in [0.05, 0.1) is 6.42 Å². The van der Waals surface area contributed by atoms with Crippen molar-refractivity contribution in [2.24, 2.45) is 0 Å². The van der Waals surface area contributed by atoms with Gasteiger partial charge in [-0.2, -0.15) is 4.98 Å². The van der Waals surface area contributed by atoms with Gasteiger partial charge in [0.2, 0.25) is 11.7 Å². The van der Waals surface area contributed by atoms with Gasteiger partial charge in [-0.15, -0.1) is 0 Å². The molecule has 0 aliphatic heterocycles. The number of aromatic hydroxyl groups is 1. The molecule has 3 rings (SSSR count). The molecule has 1 N–H and O–H groups in total. The van der Waals surface area contributed by atoms with Crippen molar-refractivity contribution >= 4 is 11.6 Å². The molecule has 0 aliphatic carbocycles. The second kappa shape index (κ2) is 5.35. The lowest BCUT2D eigenvalue weighted by Crippen LogP contribution is -1.88. The maximum absolute atomic E-state index is 9.25. The van der Waals surface area contributed by atoms with E-state index < -0.39 is 0 Å². The fourth-order valence-corrected chi connectivity index (χ4v) is 2.09. The molecule has 1 aromatic heterocycles. The minimum atomic E-state index is 0.205. The van der Waals surface area contributed by atoms with E-state index in [1.54, 1.807) is 24.3 Å². The van der Waals surface area contributed by atoms with Crippen LogP contribution in [0, 0.1) is 0 Å². The van der Waals surface area contributed by atoms with Crippen LogP contribution in [0.2, 0.25) is 5.02 Å². The van der Waals surface area contributed by atoms with E-state index in [9.17, 15) is 5.11 Å².